The summed E-state index contributed by atoms with van der Waals surface area (Å²) in [5.74, 6) is -1.93. The maximum atomic E-state index is 13.2. The molecule has 8 heteroatoms. The summed E-state index contributed by atoms with van der Waals surface area (Å²) >= 11 is 0. The minimum absolute atomic E-state index is 0.0856. The summed E-state index contributed by atoms with van der Waals surface area (Å²) in [7, 11) is 0. The van der Waals surface area contributed by atoms with Gasteiger partial charge in [0, 0.05) is 12.1 Å². The summed E-state index contributed by atoms with van der Waals surface area (Å²) in [6.07, 6.45) is 0.0856. The summed E-state index contributed by atoms with van der Waals surface area (Å²) in [6.45, 7) is 0. The fourth-order valence-electron chi connectivity index (χ4n) is 1.85. The molecule has 0 aliphatic heterocycles. The van der Waals surface area contributed by atoms with Gasteiger partial charge in [0.1, 0.15) is 0 Å². The lowest BCUT2D eigenvalue weighted by atomic mass is 10.0. The Morgan fingerprint density at radius 2 is 1.19 bits per heavy atom. The van der Waals surface area contributed by atoms with Crippen molar-refractivity contribution in [3.05, 3.63) is 79.4 Å². The van der Waals surface area contributed by atoms with Gasteiger partial charge in [-0.15, -0.1) is 0 Å². The normalized spacial score (nSPS) is 10.4. The van der Waals surface area contributed by atoms with Crippen LogP contribution in [0.25, 0.3) is 0 Å². The molecule has 0 fully saturated rings. The number of hydrogen-bond donors (Lipinski definition) is 0. The molecule has 0 spiro atoms. The lowest BCUT2D eigenvalue weighted by molar-refractivity contribution is -0.387. The molecule has 0 unspecified atom stereocenters. The number of benzene rings is 2. The predicted molar refractivity (Wildman–Crippen MR) is 68.9 cm³/mol. The summed E-state index contributed by atoms with van der Waals surface area (Å²) in [5.41, 5.74) is -0.568. The highest BCUT2D eigenvalue weighted by Gasteiger charge is 2.17. The average molecular weight is 294 g/mol. The number of hydrogen-bond acceptors (Lipinski definition) is 4. The fraction of sp³-hybridized carbons (Fsp3) is 0.0769. The summed E-state index contributed by atoms with van der Waals surface area (Å²) < 4.78 is 26.4. The lowest BCUT2D eigenvalue weighted by Crippen LogP contribution is -1.97. The predicted octanol–water partition coefficient (Wildman–Crippen LogP) is 3.37. The fourth-order valence-corrected chi connectivity index (χ4v) is 1.85. The van der Waals surface area contributed by atoms with Gasteiger partial charge in [0.15, 0.2) is 0 Å². The van der Waals surface area contributed by atoms with E-state index in [4.69, 9.17) is 0 Å². The van der Waals surface area contributed by atoms with Gasteiger partial charge >= 0.3 is 11.4 Å². The van der Waals surface area contributed by atoms with Crippen LogP contribution in [0.1, 0.15) is 11.1 Å². The summed E-state index contributed by atoms with van der Waals surface area (Å²) in [5, 5.41) is 21.3. The standard InChI is InChI=1S/C13H8F2N2O4/c14-10-3-1-8(6-12(10)16(18)19)5-9-2-4-11(15)13(7-9)17(20)21/h1-4,6-7H,5H2. The summed E-state index contributed by atoms with van der Waals surface area (Å²) in [6, 6.07) is 6.65. The second-order valence-electron chi connectivity index (χ2n) is 4.26. The second-order valence-corrected chi connectivity index (χ2v) is 4.26. The van der Waals surface area contributed by atoms with Gasteiger partial charge in [-0.1, -0.05) is 12.1 Å². The van der Waals surface area contributed by atoms with Crippen LogP contribution >= 0.6 is 0 Å². The molecule has 2 aromatic carbocycles. The highest BCUT2D eigenvalue weighted by Crippen LogP contribution is 2.23. The lowest BCUT2D eigenvalue weighted by Gasteiger charge is -2.03. The van der Waals surface area contributed by atoms with E-state index in [0.29, 0.717) is 11.1 Å². The van der Waals surface area contributed by atoms with Crippen molar-refractivity contribution in [2.75, 3.05) is 0 Å². The molecule has 2 rings (SSSR count). The van der Waals surface area contributed by atoms with Crippen LogP contribution in [0.15, 0.2) is 36.4 Å². The molecule has 0 atom stereocenters. The third kappa shape index (κ3) is 3.16. The van der Waals surface area contributed by atoms with Crippen LogP contribution in [0.5, 0.6) is 0 Å². The SMILES string of the molecule is O=[N+]([O-])c1cc(Cc2ccc(F)c([N+](=O)[O-])c2)ccc1F. The van der Waals surface area contributed by atoms with E-state index in [1.54, 1.807) is 0 Å². The van der Waals surface area contributed by atoms with Crippen LogP contribution in [-0.2, 0) is 6.42 Å². The molecule has 21 heavy (non-hydrogen) atoms. The van der Waals surface area contributed by atoms with Gasteiger partial charge in [-0.3, -0.25) is 20.2 Å². The molecule has 108 valence electrons. The first-order valence-corrected chi connectivity index (χ1v) is 5.74. The van der Waals surface area contributed by atoms with Crippen LogP contribution in [0.4, 0.5) is 20.2 Å². The molecule has 0 aromatic heterocycles. The average Bonchev–Trinajstić information content (AvgIpc) is 2.42. The minimum atomic E-state index is -0.964. The minimum Gasteiger partial charge on any atom is -0.258 e. The van der Waals surface area contributed by atoms with Crippen molar-refractivity contribution >= 4 is 11.4 Å². The Labute approximate surface area is 116 Å². The molecule has 0 saturated carbocycles. The molecule has 0 radical (unpaired) electrons. The van der Waals surface area contributed by atoms with Crippen LogP contribution in [0.2, 0.25) is 0 Å². The molecule has 0 amide bonds. The third-order valence-corrected chi connectivity index (χ3v) is 2.82. The number of halogens is 2. The van der Waals surface area contributed by atoms with E-state index in [-0.39, 0.29) is 6.42 Å². The van der Waals surface area contributed by atoms with Crippen molar-refractivity contribution in [1.29, 1.82) is 0 Å². The number of nitro benzene ring substituents is 2. The van der Waals surface area contributed by atoms with Crippen molar-refractivity contribution in [3.8, 4) is 0 Å². The maximum Gasteiger partial charge on any atom is 0.305 e. The molecule has 0 heterocycles. The van der Waals surface area contributed by atoms with Crippen LogP contribution < -0.4 is 0 Å². The van der Waals surface area contributed by atoms with Gasteiger partial charge in [0.2, 0.25) is 11.6 Å². The van der Waals surface area contributed by atoms with Crippen molar-refractivity contribution in [2.24, 2.45) is 0 Å². The van der Waals surface area contributed by atoms with E-state index in [0.717, 1.165) is 24.3 Å². The van der Waals surface area contributed by atoms with E-state index in [9.17, 15) is 29.0 Å². The molecule has 0 saturated heterocycles. The Kier molecular flexibility index (Phi) is 3.88. The van der Waals surface area contributed by atoms with Crippen LogP contribution in [0, 0.1) is 31.9 Å². The van der Waals surface area contributed by atoms with E-state index in [1.165, 1.54) is 12.1 Å². The molecule has 0 aliphatic rings. The molecule has 0 aliphatic carbocycles. The number of rotatable bonds is 4. The van der Waals surface area contributed by atoms with E-state index >= 15 is 0 Å². The van der Waals surface area contributed by atoms with Gasteiger partial charge in [-0.25, -0.2) is 0 Å². The molecule has 6 nitrogen and oxygen atoms in total. The zero-order valence-electron chi connectivity index (χ0n) is 10.5. The van der Waals surface area contributed by atoms with Crippen LogP contribution in [0.3, 0.4) is 0 Å². The molecular weight excluding hydrogens is 286 g/mol. The van der Waals surface area contributed by atoms with E-state index < -0.39 is 32.9 Å². The van der Waals surface area contributed by atoms with Crippen molar-refractivity contribution in [1.82, 2.24) is 0 Å². The Morgan fingerprint density at radius 3 is 1.52 bits per heavy atom. The Balaban J connectivity index is 2.34. The van der Waals surface area contributed by atoms with Gasteiger partial charge < -0.3 is 0 Å². The zero-order valence-corrected chi connectivity index (χ0v) is 10.5. The largest absolute Gasteiger partial charge is 0.305 e. The third-order valence-electron chi connectivity index (χ3n) is 2.82. The highest BCUT2D eigenvalue weighted by atomic mass is 19.1. The topological polar surface area (TPSA) is 86.3 Å². The van der Waals surface area contributed by atoms with Gasteiger partial charge in [-0.05, 0) is 29.7 Å². The van der Waals surface area contributed by atoms with Crippen molar-refractivity contribution < 1.29 is 18.6 Å². The number of nitro groups is 2. The molecular formula is C13H8F2N2O4. The Morgan fingerprint density at radius 1 is 0.810 bits per heavy atom. The van der Waals surface area contributed by atoms with Crippen LogP contribution in [-0.4, -0.2) is 9.85 Å². The van der Waals surface area contributed by atoms with E-state index in [2.05, 4.69) is 0 Å². The second kappa shape index (κ2) is 5.61. The molecule has 0 N–H and O–H groups in total. The first kappa shape index (κ1) is 14.5. The van der Waals surface area contributed by atoms with E-state index in [1.807, 2.05) is 0 Å². The van der Waals surface area contributed by atoms with Crippen molar-refractivity contribution in [2.45, 2.75) is 6.42 Å². The quantitative estimate of drug-likeness (QED) is 0.639. The summed E-state index contributed by atoms with van der Waals surface area (Å²) in [4.78, 5) is 19.6. The monoisotopic (exact) mass is 294 g/mol. The number of nitrogens with zero attached hydrogens (tertiary/aromatic N) is 2. The first-order valence-electron chi connectivity index (χ1n) is 5.74. The zero-order chi connectivity index (χ0) is 15.6. The maximum absolute atomic E-state index is 13.2. The van der Waals surface area contributed by atoms with Gasteiger partial charge in [0.25, 0.3) is 0 Å². The smallest absolute Gasteiger partial charge is 0.258 e. The Hall–Kier alpha value is -2.90. The van der Waals surface area contributed by atoms with Gasteiger partial charge in [0.05, 0.1) is 9.85 Å². The first-order chi connectivity index (χ1) is 9.88. The van der Waals surface area contributed by atoms with Gasteiger partial charge in [-0.2, -0.15) is 8.78 Å². The Bertz CT molecular complexity index is 673. The molecule has 2 aromatic rings. The highest BCUT2D eigenvalue weighted by molar-refractivity contribution is 5.41. The molecule has 0 bridgehead atoms. The van der Waals surface area contributed by atoms with Crippen molar-refractivity contribution in [3.63, 3.8) is 0 Å².